The highest BCUT2D eigenvalue weighted by Crippen LogP contribution is 2.25. The lowest BCUT2D eigenvalue weighted by Gasteiger charge is -2.27. The van der Waals surface area contributed by atoms with Crippen LogP contribution < -0.4 is 20.1 Å². The summed E-state index contributed by atoms with van der Waals surface area (Å²) in [4.78, 5) is 4.32. The number of hydrogen-bond donors (Lipinski definition) is 2. The van der Waals surface area contributed by atoms with Crippen LogP contribution in [0, 0.1) is 0 Å². The van der Waals surface area contributed by atoms with Crippen LogP contribution in [-0.2, 0) is 12.0 Å². The van der Waals surface area contributed by atoms with Gasteiger partial charge in [0.05, 0.1) is 14.2 Å². The van der Waals surface area contributed by atoms with E-state index in [1.807, 2.05) is 36.4 Å². The highest BCUT2D eigenvalue weighted by Gasteiger charge is 2.21. The molecule has 0 aliphatic carbocycles. The third-order valence-electron chi connectivity index (χ3n) is 4.41. The maximum absolute atomic E-state index is 5.39. The topological polar surface area (TPSA) is 54.9 Å². The van der Waals surface area contributed by atoms with Crippen molar-refractivity contribution >= 4 is 5.96 Å². The van der Waals surface area contributed by atoms with Gasteiger partial charge in [-0.2, -0.15) is 0 Å². The van der Waals surface area contributed by atoms with E-state index in [1.165, 1.54) is 5.56 Å². The van der Waals surface area contributed by atoms with E-state index in [2.05, 4.69) is 41.6 Å². The molecule has 140 valence electrons. The standard InChI is InChI=1S/C21H29N3O2/c1-21(2,17-10-8-11-18(13-17)25-4)15-24-20(22-3)23-14-16-9-6-7-12-19(16)26-5/h6-13H,14-15H2,1-5H3,(H2,22,23,24). The average molecular weight is 355 g/mol. The Morgan fingerprint density at radius 2 is 1.77 bits per heavy atom. The molecule has 0 atom stereocenters. The minimum absolute atomic E-state index is 0.0728. The van der Waals surface area contributed by atoms with Crippen molar-refractivity contribution in [3.8, 4) is 11.5 Å². The fourth-order valence-electron chi connectivity index (χ4n) is 2.70. The summed E-state index contributed by atoms with van der Waals surface area (Å²) in [7, 11) is 5.15. The largest absolute Gasteiger partial charge is 0.497 e. The van der Waals surface area contributed by atoms with Crippen molar-refractivity contribution in [2.24, 2.45) is 4.99 Å². The molecule has 5 heteroatoms. The van der Waals surface area contributed by atoms with E-state index < -0.39 is 0 Å². The predicted octanol–water partition coefficient (Wildman–Crippen LogP) is 3.35. The van der Waals surface area contributed by atoms with Crippen LogP contribution in [0.2, 0.25) is 0 Å². The quantitative estimate of drug-likeness (QED) is 0.591. The van der Waals surface area contributed by atoms with Gasteiger partial charge in [-0.1, -0.05) is 44.2 Å². The van der Waals surface area contributed by atoms with Crippen LogP contribution in [-0.4, -0.2) is 33.8 Å². The number of aliphatic imine (C=N–C) groups is 1. The molecule has 0 heterocycles. The number of guanidine groups is 1. The summed E-state index contributed by atoms with van der Waals surface area (Å²) in [5, 5.41) is 6.75. The lowest BCUT2D eigenvalue weighted by atomic mass is 9.84. The van der Waals surface area contributed by atoms with Crippen molar-refractivity contribution < 1.29 is 9.47 Å². The molecular formula is C21H29N3O2. The van der Waals surface area contributed by atoms with Gasteiger partial charge in [-0.25, -0.2) is 0 Å². The Balaban J connectivity index is 1.97. The van der Waals surface area contributed by atoms with E-state index in [0.717, 1.165) is 29.6 Å². The second-order valence-electron chi connectivity index (χ2n) is 6.71. The number of nitrogens with zero attached hydrogens (tertiary/aromatic N) is 1. The fraction of sp³-hybridized carbons (Fsp3) is 0.381. The van der Waals surface area contributed by atoms with Gasteiger partial charge in [-0.3, -0.25) is 4.99 Å². The van der Waals surface area contributed by atoms with Crippen LogP contribution >= 0.6 is 0 Å². The fourth-order valence-corrected chi connectivity index (χ4v) is 2.70. The van der Waals surface area contributed by atoms with E-state index in [4.69, 9.17) is 9.47 Å². The van der Waals surface area contributed by atoms with Crippen LogP contribution in [0.5, 0.6) is 11.5 Å². The van der Waals surface area contributed by atoms with Crippen molar-refractivity contribution in [2.45, 2.75) is 25.8 Å². The van der Waals surface area contributed by atoms with Gasteiger partial charge in [-0.05, 0) is 23.8 Å². The minimum atomic E-state index is -0.0728. The number of methoxy groups -OCH3 is 2. The summed E-state index contributed by atoms with van der Waals surface area (Å²) in [5.41, 5.74) is 2.23. The Bertz CT molecular complexity index is 742. The molecule has 2 N–H and O–H groups in total. The SMILES string of the molecule is CN=C(NCc1ccccc1OC)NCC(C)(C)c1cccc(OC)c1. The molecule has 0 saturated carbocycles. The third-order valence-corrected chi connectivity index (χ3v) is 4.41. The van der Waals surface area contributed by atoms with Crippen molar-refractivity contribution in [1.29, 1.82) is 0 Å². The number of para-hydroxylation sites is 1. The molecule has 0 aliphatic heterocycles. The van der Waals surface area contributed by atoms with Crippen LogP contribution in [0.1, 0.15) is 25.0 Å². The molecule has 0 saturated heterocycles. The Morgan fingerprint density at radius 1 is 1.00 bits per heavy atom. The first-order valence-electron chi connectivity index (χ1n) is 8.71. The molecule has 2 rings (SSSR count). The average Bonchev–Trinajstić information content (AvgIpc) is 2.68. The molecule has 2 aromatic rings. The summed E-state index contributed by atoms with van der Waals surface area (Å²) >= 11 is 0. The summed E-state index contributed by atoms with van der Waals surface area (Å²) in [6.07, 6.45) is 0. The first-order chi connectivity index (χ1) is 12.5. The zero-order chi connectivity index (χ0) is 19.0. The number of nitrogens with one attached hydrogen (secondary N) is 2. The van der Waals surface area contributed by atoms with Gasteiger partial charge in [0.1, 0.15) is 11.5 Å². The maximum Gasteiger partial charge on any atom is 0.191 e. The van der Waals surface area contributed by atoms with Crippen molar-refractivity contribution in [3.05, 3.63) is 59.7 Å². The van der Waals surface area contributed by atoms with E-state index in [0.29, 0.717) is 6.54 Å². The number of rotatable bonds is 7. The number of hydrogen-bond acceptors (Lipinski definition) is 3. The Hall–Kier alpha value is -2.69. The van der Waals surface area contributed by atoms with Gasteiger partial charge in [-0.15, -0.1) is 0 Å². The predicted molar refractivity (Wildman–Crippen MR) is 107 cm³/mol. The molecule has 0 radical (unpaired) electrons. The maximum atomic E-state index is 5.39. The van der Waals surface area contributed by atoms with Crippen LogP contribution in [0.25, 0.3) is 0 Å². The minimum Gasteiger partial charge on any atom is -0.497 e. The van der Waals surface area contributed by atoms with Crippen LogP contribution in [0.4, 0.5) is 0 Å². The van der Waals surface area contributed by atoms with E-state index in [-0.39, 0.29) is 5.41 Å². The molecule has 0 aromatic heterocycles. The number of benzene rings is 2. The second-order valence-corrected chi connectivity index (χ2v) is 6.71. The molecule has 0 fully saturated rings. The van der Waals surface area contributed by atoms with Gasteiger partial charge in [0.25, 0.3) is 0 Å². The first-order valence-corrected chi connectivity index (χ1v) is 8.71. The highest BCUT2D eigenvalue weighted by atomic mass is 16.5. The zero-order valence-electron chi connectivity index (χ0n) is 16.3. The van der Waals surface area contributed by atoms with E-state index >= 15 is 0 Å². The smallest absolute Gasteiger partial charge is 0.191 e. The first kappa shape index (κ1) is 19.6. The molecule has 0 spiro atoms. The Kier molecular flexibility index (Phi) is 6.89. The lowest BCUT2D eigenvalue weighted by Crippen LogP contribution is -2.43. The van der Waals surface area contributed by atoms with Crippen LogP contribution in [0.3, 0.4) is 0 Å². The molecule has 0 bridgehead atoms. The number of ether oxygens (including phenoxy) is 2. The summed E-state index contributed by atoms with van der Waals surface area (Å²) in [5.74, 6) is 2.49. The normalized spacial score (nSPS) is 11.8. The van der Waals surface area contributed by atoms with Gasteiger partial charge in [0, 0.05) is 31.1 Å². The van der Waals surface area contributed by atoms with Crippen molar-refractivity contribution in [3.63, 3.8) is 0 Å². The highest BCUT2D eigenvalue weighted by molar-refractivity contribution is 5.79. The molecule has 0 unspecified atom stereocenters. The van der Waals surface area contributed by atoms with E-state index in [9.17, 15) is 0 Å². The molecule has 2 aromatic carbocycles. The molecular weight excluding hydrogens is 326 g/mol. The summed E-state index contributed by atoms with van der Waals surface area (Å²) < 4.78 is 10.7. The molecule has 5 nitrogen and oxygen atoms in total. The van der Waals surface area contributed by atoms with Gasteiger partial charge >= 0.3 is 0 Å². The Morgan fingerprint density at radius 3 is 2.46 bits per heavy atom. The Labute approximate surface area is 156 Å². The van der Waals surface area contributed by atoms with Crippen molar-refractivity contribution in [2.75, 3.05) is 27.8 Å². The molecule has 0 aliphatic rings. The molecule has 26 heavy (non-hydrogen) atoms. The summed E-state index contributed by atoms with van der Waals surface area (Å²) in [6, 6.07) is 16.1. The van der Waals surface area contributed by atoms with Gasteiger partial charge in [0.15, 0.2) is 5.96 Å². The summed E-state index contributed by atoms with van der Waals surface area (Å²) in [6.45, 7) is 5.78. The van der Waals surface area contributed by atoms with Gasteiger partial charge in [0.2, 0.25) is 0 Å². The second kappa shape index (κ2) is 9.13. The lowest BCUT2D eigenvalue weighted by molar-refractivity contribution is 0.409. The molecule has 0 amide bonds. The van der Waals surface area contributed by atoms with Crippen LogP contribution in [0.15, 0.2) is 53.5 Å². The van der Waals surface area contributed by atoms with Gasteiger partial charge < -0.3 is 20.1 Å². The monoisotopic (exact) mass is 355 g/mol. The zero-order valence-corrected chi connectivity index (χ0v) is 16.3. The van der Waals surface area contributed by atoms with Crippen molar-refractivity contribution in [1.82, 2.24) is 10.6 Å². The van der Waals surface area contributed by atoms with E-state index in [1.54, 1.807) is 21.3 Å². The third kappa shape index (κ3) is 5.15.